The van der Waals surface area contributed by atoms with Gasteiger partial charge < -0.3 is 14.9 Å². The number of hydrogen-bond donors (Lipinski definition) is 0. The van der Waals surface area contributed by atoms with Crippen molar-refractivity contribution in [2.45, 2.75) is 12.1 Å². The molecule has 0 atom stereocenters. The Morgan fingerprint density at radius 1 is 1.48 bits per heavy atom. The van der Waals surface area contributed by atoms with Crippen molar-refractivity contribution in [3.8, 4) is 5.82 Å². The number of aromatic nitrogens is 4. The van der Waals surface area contributed by atoms with Crippen molar-refractivity contribution in [1.29, 1.82) is 0 Å². The molecule has 0 spiro atoms. The van der Waals surface area contributed by atoms with Gasteiger partial charge in [0, 0.05) is 12.3 Å². The van der Waals surface area contributed by atoms with Gasteiger partial charge in [-0.1, -0.05) is 21.5 Å². The first kappa shape index (κ1) is 14.9. The van der Waals surface area contributed by atoms with Gasteiger partial charge in [-0.3, -0.25) is 4.79 Å². The molecular weight excluding hydrogens is 298 g/mol. The summed E-state index contributed by atoms with van der Waals surface area (Å²) in [5.41, 5.74) is 0. The topological polar surface area (TPSA) is 113 Å². The van der Waals surface area contributed by atoms with Crippen LogP contribution in [-0.2, 0) is 9.53 Å². The van der Waals surface area contributed by atoms with Crippen molar-refractivity contribution in [2.75, 3.05) is 12.4 Å². The first-order chi connectivity index (χ1) is 10.1. The third-order valence-electron chi connectivity index (χ3n) is 2.27. The second-order valence-electron chi connectivity index (χ2n) is 3.65. The van der Waals surface area contributed by atoms with E-state index in [9.17, 15) is 14.9 Å². The molecule has 0 aromatic carbocycles. The van der Waals surface area contributed by atoms with Gasteiger partial charge in [0.2, 0.25) is 0 Å². The normalized spacial score (nSPS) is 10.3. The Balaban J connectivity index is 2.16. The van der Waals surface area contributed by atoms with Crippen LogP contribution in [0.1, 0.15) is 6.92 Å². The van der Waals surface area contributed by atoms with Crippen LogP contribution in [0.25, 0.3) is 5.82 Å². The minimum atomic E-state index is -0.555. The van der Waals surface area contributed by atoms with Crippen molar-refractivity contribution in [1.82, 2.24) is 19.7 Å². The molecule has 2 aromatic rings. The number of thioether (sulfide) groups is 1. The lowest BCUT2D eigenvalue weighted by Gasteiger charge is -2.02. The van der Waals surface area contributed by atoms with Gasteiger partial charge in [-0.05, 0) is 11.8 Å². The predicted molar refractivity (Wildman–Crippen MR) is 73.2 cm³/mol. The van der Waals surface area contributed by atoms with Crippen molar-refractivity contribution >= 4 is 23.5 Å². The molecule has 0 amide bonds. The number of hydrogen-bond acceptors (Lipinski definition) is 8. The first-order valence-corrected chi connectivity index (χ1v) is 6.90. The van der Waals surface area contributed by atoms with E-state index in [1.165, 1.54) is 24.5 Å². The Morgan fingerprint density at radius 2 is 2.29 bits per heavy atom. The second kappa shape index (κ2) is 6.79. The quantitative estimate of drug-likeness (QED) is 0.257. The van der Waals surface area contributed by atoms with Crippen LogP contribution in [0.5, 0.6) is 0 Å². The smallest absolute Gasteiger partial charge is 0.351 e. The molecule has 0 bridgehead atoms. The average molecular weight is 309 g/mol. The summed E-state index contributed by atoms with van der Waals surface area (Å²) in [6, 6.07) is 2.77. The summed E-state index contributed by atoms with van der Waals surface area (Å²) < 4.78 is 5.89. The predicted octanol–water partition coefficient (Wildman–Crippen LogP) is 1.23. The largest absolute Gasteiger partial charge is 0.465 e. The van der Waals surface area contributed by atoms with Crippen LogP contribution < -0.4 is 0 Å². The molecule has 21 heavy (non-hydrogen) atoms. The fourth-order valence-corrected chi connectivity index (χ4v) is 2.08. The highest BCUT2D eigenvalue weighted by Crippen LogP contribution is 2.18. The second-order valence-corrected chi connectivity index (χ2v) is 4.59. The Hall–Kier alpha value is -2.49. The fourth-order valence-electron chi connectivity index (χ4n) is 1.46. The molecule has 2 rings (SSSR count). The summed E-state index contributed by atoms with van der Waals surface area (Å²) in [5, 5.41) is 15.0. The van der Waals surface area contributed by atoms with E-state index in [4.69, 9.17) is 4.74 Å². The molecule has 2 aromatic heterocycles. The first-order valence-electron chi connectivity index (χ1n) is 5.92. The molecule has 0 unspecified atom stereocenters. The molecule has 0 aliphatic heterocycles. The highest BCUT2D eigenvalue weighted by Gasteiger charge is 2.18. The Labute approximate surface area is 123 Å². The SMILES string of the molecule is CCOC(=O)CSc1nccc(-n2nccc2[N+](=O)[O-])n1. The molecule has 0 aliphatic rings. The van der Waals surface area contributed by atoms with Gasteiger partial charge in [0.15, 0.2) is 5.16 Å². The van der Waals surface area contributed by atoms with Gasteiger partial charge in [-0.25, -0.2) is 4.98 Å². The molecule has 10 heteroatoms. The highest BCUT2D eigenvalue weighted by atomic mass is 32.2. The maximum atomic E-state index is 11.3. The van der Waals surface area contributed by atoms with Gasteiger partial charge in [0.05, 0.1) is 24.6 Å². The van der Waals surface area contributed by atoms with E-state index in [2.05, 4.69) is 15.1 Å². The molecular formula is C11H11N5O4S. The van der Waals surface area contributed by atoms with E-state index >= 15 is 0 Å². The maximum Gasteiger partial charge on any atom is 0.351 e. The van der Waals surface area contributed by atoms with Crippen molar-refractivity contribution in [2.24, 2.45) is 0 Å². The molecule has 0 N–H and O–H groups in total. The van der Waals surface area contributed by atoms with E-state index in [0.717, 1.165) is 16.4 Å². The van der Waals surface area contributed by atoms with Crippen LogP contribution >= 0.6 is 11.8 Å². The van der Waals surface area contributed by atoms with Crippen LogP contribution in [0.3, 0.4) is 0 Å². The summed E-state index contributed by atoms with van der Waals surface area (Å²) >= 11 is 1.09. The lowest BCUT2D eigenvalue weighted by molar-refractivity contribution is -0.391. The van der Waals surface area contributed by atoms with Gasteiger partial charge in [0.25, 0.3) is 5.82 Å². The van der Waals surface area contributed by atoms with Crippen LogP contribution in [0, 0.1) is 10.1 Å². The Morgan fingerprint density at radius 3 is 3.00 bits per heavy atom. The fraction of sp³-hybridized carbons (Fsp3) is 0.273. The zero-order valence-corrected chi connectivity index (χ0v) is 11.8. The minimum absolute atomic E-state index is 0.0680. The number of rotatable bonds is 6. The Kier molecular flexibility index (Phi) is 4.82. The molecule has 0 radical (unpaired) electrons. The Bertz CT molecular complexity index is 660. The van der Waals surface area contributed by atoms with E-state index < -0.39 is 4.92 Å². The van der Waals surface area contributed by atoms with Crippen LogP contribution in [0.4, 0.5) is 5.82 Å². The number of carbonyl (C=O) groups excluding carboxylic acids is 1. The lowest BCUT2D eigenvalue weighted by atomic mass is 10.5. The van der Waals surface area contributed by atoms with E-state index in [1.807, 2.05) is 0 Å². The molecule has 0 fully saturated rings. The summed E-state index contributed by atoms with van der Waals surface area (Å²) in [5.74, 6) is -0.247. The highest BCUT2D eigenvalue weighted by molar-refractivity contribution is 7.99. The molecule has 0 saturated carbocycles. The van der Waals surface area contributed by atoms with Crippen LogP contribution in [-0.4, -0.2) is 43.0 Å². The van der Waals surface area contributed by atoms with Crippen molar-refractivity contribution in [3.05, 3.63) is 34.6 Å². The number of carbonyl (C=O) groups is 1. The van der Waals surface area contributed by atoms with E-state index in [0.29, 0.717) is 11.8 Å². The van der Waals surface area contributed by atoms with E-state index in [1.54, 1.807) is 6.92 Å². The monoisotopic (exact) mass is 309 g/mol. The average Bonchev–Trinajstić information content (AvgIpc) is 2.95. The van der Waals surface area contributed by atoms with Gasteiger partial charge in [-0.15, -0.1) is 0 Å². The minimum Gasteiger partial charge on any atom is -0.465 e. The summed E-state index contributed by atoms with van der Waals surface area (Å²) in [7, 11) is 0. The summed E-state index contributed by atoms with van der Waals surface area (Å²) in [6.07, 6.45) is 2.76. The number of ether oxygens (including phenoxy) is 1. The van der Waals surface area contributed by atoms with Crippen molar-refractivity contribution in [3.63, 3.8) is 0 Å². The zero-order chi connectivity index (χ0) is 15.2. The molecule has 2 heterocycles. The molecule has 0 saturated heterocycles. The zero-order valence-electron chi connectivity index (χ0n) is 11.0. The van der Waals surface area contributed by atoms with Crippen LogP contribution in [0.2, 0.25) is 0 Å². The number of esters is 1. The van der Waals surface area contributed by atoms with Gasteiger partial charge in [0.1, 0.15) is 0 Å². The number of nitrogens with zero attached hydrogens (tertiary/aromatic N) is 5. The van der Waals surface area contributed by atoms with E-state index in [-0.39, 0.29) is 23.4 Å². The van der Waals surface area contributed by atoms with Gasteiger partial charge >= 0.3 is 11.8 Å². The molecule has 9 nitrogen and oxygen atoms in total. The third-order valence-corrected chi connectivity index (χ3v) is 3.10. The van der Waals surface area contributed by atoms with Crippen LogP contribution in [0.15, 0.2) is 29.7 Å². The van der Waals surface area contributed by atoms with Gasteiger partial charge in [-0.2, -0.15) is 4.98 Å². The molecule has 110 valence electrons. The van der Waals surface area contributed by atoms with Crippen molar-refractivity contribution < 1.29 is 14.5 Å². The third kappa shape index (κ3) is 3.75. The number of nitro groups is 1. The summed E-state index contributed by atoms with van der Waals surface area (Å²) in [4.78, 5) is 29.7. The standard InChI is InChI=1S/C11H11N5O4S/c1-2-20-10(17)7-21-11-12-5-3-8(14-11)15-9(16(18)19)4-6-13-15/h3-6H,2,7H2,1H3. The summed E-state index contributed by atoms with van der Waals surface area (Å²) in [6.45, 7) is 2.02. The lowest BCUT2D eigenvalue weighted by Crippen LogP contribution is -2.08. The molecule has 0 aliphatic carbocycles. The maximum absolute atomic E-state index is 11.3.